The lowest BCUT2D eigenvalue weighted by molar-refractivity contribution is -0.125. The summed E-state index contributed by atoms with van der Waals surface area (Å²) in [6.45, 7) is 2.16. The molecule has 0 bridgehead atoms. The van der Waals surface area contributed by atoms with E-state index in [9.17, 15) is 14.0 Å². The summed E-state index contributed by atoms with van der Waals surface area (Å²) in [5.74, 6) is -0.882. The lowest BCUT2D eigenvalue weighted by Gasteiger charge is -2.26. The van der Waals surface area contributed by atoms with Gasteiger partial charge in [0.15, 0.2) is 0 Å². The molecule has 7 heteroatoms. The molecule has 1 aromatic rings. The molecular weight excluding hydrogens is 363 g/mol. The molecule has 2 amide bonds. The van der Waals surface area contributed by atoms with Gasteiger partial charge in [-0.15, -0.1) is 0 Å². The fraction of sp³-hybridized carbons (Fsp3) is 0.429. The minimum absolute atomic E-state index is 0.139. The number of nitrogens with zero attached hydrogens (tertiary/aromatic N) is 1. The number of hydrogen-bond acceptors (Lipinski definition) is 2. The van der Waals surface area contributed by atoms with Gasteiger partial charge < -0.3 is 10.2 Å². The summed E-state index contributed by atoms with van der Waals surface area (Å²) < 4.78 is 13.7. The van der Waals surface area contributed by atoms with Crippen LogP contribution >= 0.6 is 27.5 Å². The Bertz CT molecular complexity index is 559. The first-order chi connectivity index (χ1) is 9.93. The van der Waals surface area contributed by atoms with Crippen molar-refractivity contribution in [3.05, 3.63) is 27.4 Å². The minimum Gasteiger partial charge on any atom is -0.344 e. The lowest BCUT2D eigenvalue weighted by Crippen LogP contribution is -2.44. The van der Waals surface area contributed by atoms with Crippen LogP contribution in [-0.2, 0) is 9.59 Å². The van der Waals surface area contributed by atoms with Crippen molar-refractivity contribution in [2.24, 2.45) is 0 Å². The molecule has 1 aliphatic heterocycles. The first-order valence-electron chi connectivity index (χ1n) is 6.69. The second-order valence-electron chi connectivity index (χ2n) is 4.87. The van der Waals surface area contributed by atoms with Gasteiger partial charge in [-0.2, -0.15) is 0 Å². The van der Waals surface area contributed by atoms with E-state index in [1.807, 2.05) is 6.92 Å². The minimum atomic E-state index is -0.571. The predicted molar refractivity (Wildman–Crippen MR) is 82.9 cm³/mol. The molecule has 0 spiro atoms. The number of rotatable bonds is 3. The molecule has 1 saturated heterocycles. The summed E-state index contributed by atoms with van der Waals surface area (Å²) in [6.07, 6.45) is 1.51. The normalized spacial score (nSPS) is 19.4. The Morgan fingerprint density at radius 2 is 2.19 bits per heavy atom. The highest BCUT2D eigenvalue weighted by Crippen LogP contribution is 2.36. The fourth-order valence-electron chi connectivity index (χ4n) is 2.34. The number of amides is 2. The van der Waals surface area contributed by atoms with Crippen LogP contribution in [0.15, 0.2) is 16.6 Å². The van der Waals surface area contributed by atoms with Crippen molar-refractivity contribution < 1.29 is 14.0 Å². The van der Waals surface area contributed by atoms with Crippen LogP contribution in [0.1, 0.15) is 26.2 Å². The number of carbonyl (C=O) groups is 2. The maximum Gasteiger partial charge on any atom is 0.249 e. The van der Waals surface area contributed by atoms with Crippen molar-refractivity contribution in [3.8, 4) is 0 Å². The first-order valence-corrected chi connectivity index (χ1v) is 7.86. The third-order valence-electron chi connectivity index (χ3n) is 3.29. The largest absolute Gasteiger partial charge is 0.344 e. The Labute approximate surface area is 135 Å². The SMILES string of the molecule is CCCC1NC(=O)CCN(c2c(Cl)cc(F)cc2Br)C1=O. The van der Waals surface area contributed by atoms with Gasteiger partial charge in [-0.3, -0.25) is 9.59 Å². The number of anilines is 1. The quantitative estimate of drug-likeness (QED) is 0.879. The van der Waals surface area contributed by atoms with Crippen LogP contribution < -0.4 is 10.2 Å². The average molecular weight is 378 g/mol. The maximum atomic E-state index is 13.3. The van der Waals surface area contributed by atoms with E-state index in [0.29, 0.717) is 16.6 Å². The van der Waals surface area contributed by atoms with Crippen molar-refractivity contribution >= 4 is 45.0 Å². The van der Waals surface area contributed by atoms with Crippen LogP contribution in [-0.4, -0.2) is 24.4 Å². The van der Waals surface area contributed by atoms with Gasteiger partial charge in [0.2, 0.25) is 11.8 Å². The highest BCUT2D eigenvalue weighted by atomic mass is 79.9. The summed E-state index contributed by atoms with van der Waals surface area (Å²) in [7, 11) is 0. The van der Waals surface area contributed by atoms with Gasteiger partial charge in [0.1, 0.15) is 11.9 Å². The van der Waals surface area contributed by atoms with Crippen LogP contribution in [0.5, 0.6) is 0 Å². The first kappa shape index (κ1) is 16.2. The van der Waals surface area contributed by atoms with Crippen molar-refractivity contribution in [3.63, 3.8) is 0 Å². The predicted octanol–water partition coefficient (Wildman–Crippen LogP) is 3.26. The molecule has 0 radical (unpaired) electrons. The molecule has 0 aromatic heterocycles. The third kappa shape index (κ3) is 3.55. The van der Waals surface area contributed by atoms with E-state index in [1.54, 1.807) is 0 Å². The summed E-state index contributed by atoms with van der Waals surface area (Å²) in [4.78, 5) is 25.8. The molecule has 0 saturated carbocycles. The molecule has 4 nitrogen and oxygen atoms in total. The number of benzene rings is 1. The fourth-order valence-corrected chi connectivity index (χ4v) is 3.41. The molecule has 1 unspecified atom stereocenters. The smallest absolute Gasteiger partial charge is 0.249 e. The Balaban J connectivity index is 2.41. The van der Waals surface area contributed by atoms with Gasteiger partial charge in [-0.25, -0.2) is 4.39 Å². The Morgan fingerprint density at radius 1 is 1.48 bits per heavy atom. The lowest BCUT2D eigenvalue weighted by atomic mass is 10.1. The van der Waals surface area contributed by atoms with Crippen LogP contribution in [0.25, 0.3) is 0 Å². The van der Waals surface area contributed by atoms with E-state index >= 15 is 0 Å². The van der Waals surface area contributed by atoms with Crippen LogP contribution in [0.4, 0.5) is 10.1 Å². The number of nitrogens with one attached hydrogen (secondary N) is 1. The van der Waals surface area contributed by atoms with Gasteiger partial charge in [0.25, 0.3) is 0 Å². The molecule has 1 heterocycles. The van der Waals surface area contributed by atoms with Crippen LogP contribution in [0.3, 0.4) is 0 Å². The molecule has 114 valence electrons. The van der Waals surface area contributed by atoms with Crippen molar-refractivity contribution in [1.82, 2.24) is 5.32 Å². The zero-order valence-corrected chi connectivity index (χ0v) is 13.8. The molecule has 1 aliphatic rings. The molecule has 1 atom stereocenters. The molecule has 1 fully saturated rings. The van der Waals surface area contributed by atoms with E-state index in [0.717, 1.165) is 12.5 Å². The number of carbonyl (C=O) groups excluding carboxylic acids is 2. The average Bonchev–Trinajstić information content (AvgIpc) is 2.51. The highest BCUT2D eigenvalue weighted by Gasteiger charge is 2.32. The molecular formula is C14H15BrClFN2O2. The number of halogens is 3. The van der Waals surface area contributed by atoms with Crippen LogP contribution in [0.2, 0.25) is 5.02 Å². The summed E-state index contributed by atoms with van der Waals surface area (Å²) in [5.41, 5.74) is 0.403. The van der Waals surface area contributed by atoms with Gasteiger partial charge >= 0.3 is 0 Å². The van der Waals surface area contributed by atoms with Crippen molar-refractivity contribution in [1.29, 1.82) is 0 Å². The highest BCUT2D eigenvalue weighted by molar-refractivity contribution is 9.10. The van der Waals surface area contributed by atoms with Gasteiger partial charge in [-0.1, -0.05) is 24.9 Å². The third-order valence-corrected chi connectivity index (χ3v) is 4.18. The Hall–Kier alpha value is -1.14. The van der Waals surface area contributed by atoms with E-state index < -0.39 is 11.9 Å². The topological polar surface area (TPSA) is 49.4 Å². The van der Waals surface area contributed by atoms with E-state index in [-0.39, 0.29) is 29.8 Å². The van der Waals surface area contributed by atoms with Crippen molar-refractivity contribution in [2.75, 3.05) is 11.4 Å². The summed E-state index contributed by atoms with van der Waals surface area (Å²) in [6, 6.07) is 1.84. The summed E-state index contributed by atoms with van der Waals surface area (Å²) in [5, 5.41) is 2.86. The van der Waals surface area contributed by atoms with Crippen LogP contribution in [0, 0.1) is 5.82 Å². The second-order valence-corrected chi connectivity index (χ2v) is 6.13. The molecule has 2 rings (SSSR count). The molecule has 1 aromatic carbocycles. The van der Waals surface area contributed by atoms with Crippen molar-refractivity contribution in [2.45, 2.75) is 32.2 Å². The van der Waals surface area contributed by atoms with E-state index in [1.165, 1.54) is 11.0 Å². The standard InChI is InChI=1S/C14H15BrClFN2O2/c1-2-3-11-14(21)19(5-4-12(20)18-11)13-9(15)6-8(17)7-10(13)16/h6-7,11H,2-5H2,1H3,(H,18,20). The van der Waals surface area contributed by atoms with Gasteiger partial charge in [-0.05, 0) is 34.5 Å². The second kappa shape index (κ2) is 6.75. The Morgan fingerprint density at radius 3 is 2.81 bits per heavy atom. The number of hydrogen-bond donors (Lipinski definition) is 1. The van der Waals surface area contributed by atoms with Gasteiger partial charge in [0, 0.05) is 17.4 Å². The van der Waals surface area contributed by atoms with E-state index in [4.69, 9.17) is 11.6 Å². The van der Waals surface area contributed by atoms with E-state index in [2.05, 4.69) is 21.2 Å². The maximum absolute atomic E-state index is 13.3. The molecule has 0 aliphatic carbocycles. The zero-order valence-electron chi connectivity index (χ0n) is 11.5. The molecule has 21 heavy (non-hydrogen) atoms. The Kier molecular flexibility index (Phi) is 5.22. The monoisotopic (exact) mass is 376 g/mol. The van der Waals surface area contributed by atoms with Gasteiger partial charge in [0.05, 0.1) is 10.7 Å². The molecule has 1 N–H and O–H groups in total. The summed E-state index contributed by atoms with van der Waals surface area (Å²) >= 11 is 9.32. The zero-order chi connectivity index (χ0) is 15.6.